The molecule has 0 spiro atoms. The fourth-order valence-corrected chi connectivity index (χ4v) is 25.4. The predicted octanol–water partition coefficient (Wildman–Crippen LogP) is 12.2. The van der Waals surface area contributed by atoms with Crippen LogP contribution in [0.5, 0.6) is 0 Å². The fourth-order valence-electron chi connectivity index (χ4n) is 10.7. The molecule has 0 heterocycles. The van der Waals surface area contributed by atoms with Gasteiger partial charge in [-0.15, -0.1) is 0 Å². The third-order valence-electron chi connectivity index (χ3n) is 12.5. The molecule has 39 heavy (non-hydrogen) atoms. The summed E-state index contributed by atoms with van der Waals surface area (Å²) in [5, 5.41) is 0. The first-order valence-corrected chi connectivity index (χ1v) is 29.0. The molecule has 9 unspecified atom stereocenters. The molecule has 0 aromatic heterocycles. The SMILES string of the molecule is CC(C)CC1CCC([Si](C)(C)[Si](C)(C)C2C(C)CC3C2CC2CCCC2C3c2ccccc2)C1.[CH3-].[CH3-].[Cl][Zr+2][Cl]. The van der Waals surface area contributed by atoms with Crippen molar-refractivity contribution in [3.63, 3.8) is 0 Å². The molecule has 4 aliphatic rings. The Morgan fingerprint density at radius 2 is 1.46 bits per heavy atom. The molecule has 0 amide bonds. The first-order valence-electron chi connectivity index (χ1n) is 15.5. The second-order valence-electron chi connectivity index (χ2n) is 15.1. The van der Waals surface area contributed by atoms with Gasteiger partial charge in [-0.1, -0.05) is 109 Å². The van der Waals surface area contributed by atoms with Crippen molar-refractivity contribution in [3.8, 4) is 0 Å². The number of fused-ring (bicyclic) bond motifs is 2. The van der Waals surface area contributed by atoms with Crippen LogP contribution in [-0.2, 0) is 20.8 Å². The van der Waals surface area contributed by atoms with E-state index in [1.165, 1.54) is 38.5 Å². The van der Waals surface area contributed by atoms with Gasteiger partial charge in [0.2, 0.25) is 0 Å². The van der Waals surface area contributed by atoms with Crippen molar-refractivity contribution in [2.45, 2.75) is 122 Å². The Labute approximate surface area is 265 Å². The van der Waals surface area contributed by atoms with E-state index in [0.29, 0.717) is 0 Å². The molecule has 0 nitrogen and oxygen atoms in total. The molecule has 4 fully saturated rings. The third kappa shape index (κ3) is 7.44. The van der Waals surface area contributed by atoms with Crippen LogP contribution in [0.4, 0.5) is 0 Å². The first kappa shape index (κ1) is 36.3. The van der Waals surface area contributed by atoms with E-state index < -0.39 is 36.0 Å². The van der Waals surface area contributed by atoms with Crippen LogP contribution in [0.15, 0.2) is 30.3 Å². The van der Waals surface area contributed by atoms with E-state index in [1.54, 1.807) is 24.8 Å². The van der Waals surface area contributed by atoms with Crippen molar-refractivity contribution in [2.75, 3.05) is 0 Å². The molecule has 9 atom stereocenters. The fraction of sp³-hybridized carbons (Fsp3) is 0.765. The van der Waals surface area contributed by atoms with Crippen molar-refractivity contribution < 1.29 is 20.8 Å². The van der Waals surface area contributed by atoms with Crippen molar-refractivity contribution >= 4 is 32.2 Å². The Balaban J connectivity index is 0.00000102. The standard InChI is InChI=1S/C32H54Si2.2CH3.2ClH.Zr/c1-22(2)18-24-16-17-27(20-24)33(4,5)34(6,7)32-23(3)19-29-30(32)21-26-14-11-15-28(26)31(29)25-12-9-8-10-13-25;;;;;/h8-10,12-13,22-24,26-32H,11,14-21H2,1-7H3;2*1H3;2*1H;/q;2*-1;;;+4/p-2. The van der Waals surface area contributed by atoms with Gasteiger partial charge in [-0.2, -0.15) is 0 Å². The van der Waals surface area contributed by atoms with Gasteiger partial charge < -0.3 is 14.9 Å². The third-order valence-corrected chi connectivity index (χ3v) is 33.3. The molecule has 0 bridgehead atoms. The van der Waals surface area contributed by atoms with Crippen LogP contribution >= 0.6 is 17.0 Å². The summed E-state index contributed by atoms with van der Waals surface area (Å²) in [6.45, 7) is 19.2. The Hall–Kier alpha value is 1.12. The van der Waals surface area contributed by atoms with E-state index in [0.717, 1.165) is 58.4 Å². The molecule has 222 valence electrons. The van der Waals surface area contributed by atoms with Crippen molar-refractivity contribution in [1.82, 2.24) is 0 Å². The first-order chi connectivity index (χ1) is 17.5. The van der Waals surface area contributed by atoms with Crippen LogP contribution in [0.2, 0.25) is 37.3 Å². The Morgan fingerprint density at radius 1 is 0.821 bits per heavy atom. The van der Waals surface area contributed by atoms with Gasteiger partial charge in [0.15, 0.2) is 0 Å². The molecule has 4 aliphatic carbocycles. The molecule has 5 heteroatoms. The summed E-state index contributed by atoms with van der Waals surface area (Å²) in [7, 11) is 7.26. The van der Waals surface area contributed by atoms with Crippen LogP contribution in [-0.4, -0.2) is 15.2 Å². The Morgan fingerprint density at radius 3 is 2.08 bits per heavy atom. The van der Waals surface area contributed by atoms with Gasteiger partial charge in [0.05, 0.1) is 0 Å². The summed E-state index contributed by atoms with van der Waals surface area (Å²) >= 11 is -0.826. The van der Waals surface area contributed by atoms with Crippen molar-refractivity contribution in [3.05, 3.63) is 50.7 Å². The van der Waals surface area contributed by atoms with E-state index in [2.05, 4.69) is 77.3 Å². The summed E-state index contributed by atoms with van der Waals surface area (Å²) < 4.78 is 0. The number of hydrogen-bond acceptors (Lipinski definition) is 0. The van der Waals surface area contributed by atoms with Crippen LogP contribution in [0.1, 0.15) is 90.0 Å². The second kappa shape index (κ2) is 15.2. The normalized spacial score (nSPS) is 35.6. The number of halogens is 2. The van der Waals surface area contributed by atoms with Gasteiger partial charge in [0.1, 0.15) is 0 Å². The monoisotopic (exact) mass is 684 g/mol. The molecule has 0 N–H and O–H groups in total. The van der Waals surface area contributed by atoms with Crippen molar-refractivity contribution in [1.29, 1.82) is 0 Å². The van der Waals surface area contributed by atoms with Crippen LogP contribution in [0, 0.1) is 56.3 Å². The van der Waals surface area contributed by atoms with Gasteiger partial charge in [-0.3, -0.25) is 0 Å². The van der Waals surface area contributed by atoms with Crippen molar-refractivity contribution in [2.24, 2.45) is 41.4 Å². The summed E-state index contributed by atoms with van der Waals surface area (Å²) in [5.74, 6) is 7.74. The van der Waals surface area contributed by atoms with Gasteiger partial charge in [0.25, 0.3) is 0 Å². The van der Waals surface area contributed by atoms with E-state index >= 15 is 0 Å². The molecule has 0 aliphatic heterocycles. The van der Waals surface area contributed by atoms with Gasteiger partial charge in [-0.05, 0) is 89.7 Å². The molecule has 5 rings (SSSR count). The second-order valence-corrected chi connectivity index (χ2v) is 34.9. The molecule has 0 saturated heterocycles. The summed E-state index contributed by atoms with van der Waals surface area (Å²) in [6, 6.07) is 11.9. The van der Waals surface area contributed by atoms with E-state index in [9.17, 15) is 0 Å². The minimum atomic E-state index is -1.34. The van der Waals surface area contributed by atoms with Gasteiger partial charge in [-0.25, -0.2) is 0 Å². The molecule has 4 saturated carbocycles. The number of rotatable bonds is 6. The number of hydrogen-bond donors (Lipinski definition) is 0. The zero-order chi connectivity index (χ0) is 27.0. The Kier molecular flexibility index (Phi) is 14.2. The van der Waals surface area contributed by atoms with Gasteiger partial charge in [0, 0.05) is 15.2 Å². The zero-order valence-corrected chi connectivity index (χ0v) is 32.8. The summed E-state index contributed by atoms with van der Waals surface area (Å²) in [4.78, 5) is 0. The van der Waals surface area contributed by atoms with E-state index in [4.69, 9.17) is 17.0 Å². The predicted molar refractivity (Wildman–Crippen MR) is 179 cm³/mol. The van der Waals surface area contributed by atoms with Crippen LogP contribution in [0.25, 0.3) is 0 Å². The average Bonchev–Trinajstić information content (AvgIpc) is 3.56. The Bertz CT molecular complexity index is 860. The maximum atomic E-state index is 4.93. The van der Waals surface area contributed by atoms with Gasteiger partial charge >= 0.3 is 37.9 Å². The molecular weight excluding hydrogens is 627 g/mol. The number of benzene rings is 1. The topological polar surface area (TPSA) is 0 Å². The van der Waals surface area contributed by atoms with E-state index in [-0.39, 0.29) is 14.9 Å². The maximum absolute atomic E-state index is 4.93. The molecule has 1 aromatic carbocycles. The molecular formula is C34H60Cl2Si2Zr. The summed E-state index contributed by atoms with van der Waals surface area (Å²) in [6.07, 6.45) is 13.8. The van der Waals surface area contributed by atoms with Crippen LogP contribution in [0.3, 0.4) is 0 Å². The quantitative estimate of drug-likeness (QED) is 0.206. The average molecular weight is 687 g/mol. The molecule has 0 radical (unpaired) electrons. The summed E-state index contributed by atoms with van der Waals surface area (Å²) in [5.41, 5.74) is 3.89. The minimum absolute atomic E-state index is 0. The van der Waals surface area contributed by atoms with E-state index in [1.807, 2.05) is 0 Å². The zero-order valence-electron chi connectivity index (χ0n) is 26.8. The van der Waals surface area contributed by atoms with Crippen LogP contribution < -0.4 is 0 Å². The molecule has 1 aromatic rings.